The van der Waals surface area contributed by atoms with E-state index in [0.29, 0.717) is 10.2 Å². The number of Topliss-reactive ketones (excluding diaryl/α,β-unsaturated/α-hetero) is 1. The van der Waals surface area contributed by atoms with E-state index in [2.05, 4.69) is 29.5 Å². The predicted molar refractivity (Wildman–Crippen MR) is 61.9 cm³/mol. The molecule has 0 rings (SSSR count). The van der Waals surface area contributed by atoms with Crippen molar-refractivity contribution >= 4 is 28.4 Å². The Hall–Kier alpha value is 0.400. The van der Waals surface area contributed by atoms with Crippen LogP contribution in [0.4, 0.5) is 0 Å². The van der Waals surface area contributed by atoms with Gasteiger partial charge in [0.2, 0.25) is 0 Å². The molecule has 0 aromatic heterocycles. The van der Waals surface area contributed by atoms with Crippen LogP contribution in [0.2, 0.25) is 0 Å². The van der Waals surface area contributed by atoms with Crippen molar-refractivity contribution in [3.05, 3.63) is 0 Å². The van der Waals surface area contributed by atoms with Gasteiger partial charge in [0.25, 0.3) is 0 Å². The lowest BCUT2D eigenvalue weighted by Crippen LogP contribution is -1.97. The number of ketones is 1. The normalized spacial score (nSPS) is 10.2. The number of hydrogen-bond acceptors (Lipinski definition) is 1. The minimum atomic E-state index is 0.408. The van der Waals surface area contributed by atoms with Gasteiger partial charge in [-0.2, -0.15) is 0 Å². The van der Waals surface area contributed by atoms with E-state index < -0.39 is 0 Å². The van der Waals surface area contributed by atoms with E-state index >= 15 is 0 Å². The number of unbranched alkanes of at least 4 members (excludes halogenated alkanes) is 5. The molecule has 2 heteroatoms. The van der Waals surface area contributed by atoms with Crippen molar-refractivity contribution in [2.45, 2.75) is 51.9 Å². The van der Waals surface area contributed by atoms with E-state index in [1.807, 2.05) is 0 Å². The van der Waals surface area contributed by atoms with Crippen LogP contribution >= 0.6 is 22.6 Å². The lowest BCUT2D eigenvalue weighted by atomic mass is 10.1. The van der Waals surface area contributed by atoms with E-state index in [1.54, 1.807) is 0 Å². The molecule has 0 spiro atoms. The summed E-state index contributed by atoms with van der Waals surface area (Å²) in [6.07, 6.45) is 8.44. The van der Waals surface area contributed by atoms with Gasteiger partial charge in [-0.25, -0.2) is 0 Å². The monoisotopic (exact) mass is 282 g/mol. The Kier molecular flexibility index (Phi) is 9.80. The highest BCUT2D eigenvalue weighted by Crippen LogP contribution is 2.07. The second-order valence-corrected chi connectivity index (χ2v) is 3.95. The van der Waals surface area contributed by atoms with Crippen LogP contribution in [-0.4, -0.2) is 10.2 Å². The molecule has 0 radical (unpaired) electrons. The first-order valence-electron chi connectivity index (χ1n) is 4.89. The first-order chi connectivity index (χ1) is 5.81. The van der Waals surface area contributed by atoms with Crippen LogP contribution in [0.5, 0.6) is 0 Å². The molecule has 0 saturated heterocycles. The quantitative estimate of drug-likeness (QED) is 0.376. The molecule has 0 aromatic carbocycles. The minimum absolute atomic E-state index is 0.408. The highest BCUT2D eigenvalue weighted by Gasteiger charge is 1.97. The predicted octanol–water partition coefficient (Wildman–Crippen LogP) is 3.74. The molecule has 72 valence electrons. The first-order valence-corrected chi connectivity index (χ1v) is 6.41. The third-order valence-electron chi connectivity index (χ3n) is 1.96. The fraction of sp³-hybridized carbons (Fsp3) is 0.900. The standard InChI is InChI=1S/C10H19IO/c1-2-3-4-5-6-7-8-10(12)9-11/h2-9H2,1H3. The summed E-state index contributed by atoms with van der Waals surface area (Å²) in [5.74, 6) is 0.408. The molecule has 0 unspecified atom stereocenters. The van der Waals surface area contributed by atoms with Crippen molar-refractivity contribution < 1.29 is 4.79 Å². The van der Waals surface area contributed by atoms with E-state index in [9.17, 15) is 4.79 Å². The van der Waals surface area contributed by atoms with Gasteiger partial charge in [0, 0.05) is 6.42 Å². The van der Waals surface area contributed by atoms with Gasteiger partial charge in [-0.05, 0) is 6.42 Å². The molecule has 0 heterocycles. The van der Waals surface area contributed by atoms with Crippen LogP contribution in [0, 0.1) is 0 Å². The molecule has 1 nitrogen and oxygen atoms in total. The Morgan fingerprint density at radius 3 is 2.25 bits per heavy atom. The summed E-state index contributed by atoms with van der Waals surface area (Å²) in [7, 11) is 0. The maximum Gasteiger partial charge on any atom is 0.142 e. The molecule has 0 aliphatic rings. The van der Waals surface area contributed by atoms with Gasteiger partial charge >= 0.3 is 0 Å². The fourth-order valence-electron chi connectivity index (χ4n) is 1.17. The average Bonchev–Trinajstić information content (AvgIpc) is 2.10. The molecule has 0 aromatic rings. The molecule has 0 bridgehead atoms. The number of alkyl halides is 1. The number of halogens is 1. The largest absolute Gasteiger partial charge is 0.299 e. The van der Waals surface area contributed by atoms with Crippen molar-refractivity contribution in [2.75, 3.05) is 4.43 Å². The smallest absolute Gasteiger partial charge is 0.142 e. The summed E-state index contributed by atoms with van der Waals surface area (Å²) in [6, 6.07) is 0. The highest BCUT2D eigenvalue weighted by molar-refractivity contribution is 14.1. The number of rotatable bonds is 8. The van der Waals surface area contributed by atoms with Gasteiger partial charge in [-0.3, -0.25) is 4.79 Å². The second-order valence-electron chi connectivity index (χ2n) is 3.19. The molecular weight excluding hydrogens is 263 g/mol. The number of hydrogen-bond donors (Lipinski definition) is 0. The van der Waals surface area contributed by atoms with Gasteiger partial charge in [-0.15, -0.1) is 0 Å². The van der Waals surface area contributed by atoms with Crippen molar-refractivity contribution in [1.29, 1.82) is 0 Å². The fourth-order valence-corrected chi connectivity index (χ4v) is 1.55. The molecule has 0 atom stereocenters. The topological polar surface area (TPSA) is 17.1 Å². The van der Waals surface area contributed by atoms with Crippen molar-refractivity contribution in [3.8, 4) is 0 Å². The Bertz CT molecular complexity index is 112. The summed E-state index contributed by atoms with van der Waals surface area (Å²) in [5, 5.41) is 0. The molecule has 0 N–H and O–H groups in total. The molecule has 0 aliphatic carbocycles. The molecule has 0 aliphatic heterocycles. The number of carbonyl (C=O) groups is 1. The summed E-state index contributed by atoms with van der Waals surface area (Å²) in [6.45, 7) is 2.22. The van der Waals surface area contributed by atoms with Crippen LogP contribution < -0.4 is 0 Å². The van der Waals surface area contributed by atoms with E-state index in [1.165, 1.54) is 32.1 Å². The van der Waals surface area contributed by atoms with Gasteiger partial charge in [-0.1, -0.05) is 61.6 Å². The van der Waals surface area contributed by atoms with Gasteiger partial charge < -0.3 is 0 Å². The number of carbonyl (C=O) groups excluding carboxylic acids is 1. The molecule has 12 heavy (non-hydrogen) atoms. The maximum absolute atomic E-state index is 10.9. The lowest BCUT2D eigenvalue weighted by Gasteiger charge is -1.98. The SMILES string of the molecule is CCCCCCCCC(=O)CI. The summed E-state index contributed by atoms with van der Waals surface area (Å²) < 4.78 is 0.687. The van der Waals surface area contributed by atoms with Crippen LogP contribution in [0.25, 0.3) is 0 Å². The molecule has 0 fully saturated rings. The van der Waals surface area contributed by atoms with E-state index in [4.69, 9.17) is 0 Å². The Balaban J connectivity index is 2.95. The molecule has 0 amide bonds. The maximum atomic E-state index is 10.9. The second kappa shape index (κ2) is 9.49. The summed E-state index contributed by atoms with van der Waals surface area (Å²) in [5.41, 5.74) is 0. The third kappa shape index (κ3) is 8.50. The first kappa shape index (κ1) is 12.4. The van der Waals surface area contributed by atoms with Gasteiger partial charge in [0.15, 0.2) is 0 Å². The third-order valence-corrected chi connectivity index (χ3v) is 2.81. The van der Waals surface area contributed by atoms with E-state index in [0.717, 1.165) is 12.8 Å². The Morgan fingerprint density at radius 1 is 1.08 bits per heavy atom. The average molecular weight is 282 g/mol. The van der Waals surface area contributed by atoms with Crippen LogP contribution in [0.3, 0.4) is 0 Å². The zero-order chi connectivity index (χ0) is 9.23. The van der Waals surface area contributed by atoms with Gasteiger partial charge in [0.05, 0.1) is 4.43 Å². The highest BCUT2D eigenvalue weighted by atomic mass is 127. The Labute approximate surface area is 89.4 Å². The lowest BCUT2D eigenvalue weighted by molar-refractivity contribution is -0.116. The van der Waals surface area contributed by atoms with Crippen molar-refractivity contribution in [1.82, 2.24) is 0 Å². The van der Waals surface area contributed by atoms with E-state index in [-0.39, 0.29) is 0 Å². The molecule has 0 saturated carbocycles. The van der Waals surface area contributed by atoms with Crippen LogP contribution in [0.15, 0.2) is 0 Å². The summed E-state index contributed by atoms with van der Waals surface area (Å²) in [4.78, 5) is 10.9. The Morgan fingerprint density at radius 2 is 1.67 bits per heavy atom. The van der Waals surface area contributed by atoms with Crippen LogP contribution in [0.1, 0.15) is 51.9 Å². The molecular formula is C10H19IO. The van der Waals surface area contributed by atoms with Crippen LogP contribution in [-0.2, 0) is 4.79 Å². The minimum Gasteiger partial charge on any atom is -0.299 e. The van der Waals surface area contributed by atoms with Gasteiger partial charge in [0.1, 0.15) is 5.78 Å². The zero-order valence-electron chi connectivity index (χ0n) is 7.94. The van der Waals surface area contributed by atoms with Crippen molar-refractivity contribution in [3.63, 3.8) is 0 Å². The summed E-state index contributed by atoms with van der Waals surface area (Å²) >= 11 is 2.14. The van der Waals surface area contributed by atoms with Crippen molar-refractivity contribution in [2.24, 2.45) is 0 Å². The zero-order valence-corrected chi connectivity index (χ0v) is 10.1.